The van der Waals surface area contributed by atoms with E-state index >= 15 is 0 Å². The Morgan fingerprint density at radius 1 is 1.19 bits per heavy atom. The van der Waals surface area contributed by atoms with Crippen LogP contribution in [0, 0.1) is 6.92 Å². The minimum atomic E-state index is -0.696. The summed E-state index contributed by atoms with van der Waals surface area (Å²) in [6.07, 6.45) is 0.0304. The number of nitrogen functional groups attached to an aromatic ring is 1. The first kappa shape index (κ1) is 16.8. The third kappa shape index (κ3) is 3.03. The Morgan fingerprint density at radius 3 is 2.63 bits per heavy atom. The molecule has 0 saturated carbocycles. The molecule has 7 nitrogen and oxygen atoms in total. The number of aromatic nitrogens is 2. The second-order valence-corrected chi connectivity index (χ2v) is 6.50. The average Bonchev–Trinajstić information content (AvgIpc) is 3.00. The van der Waals surface area contributed by atoms with Crippen LogP contribution >= 0.6 is 0 Å². The molecular weight excluding hydrogens is 342 g/mol. The molecule has 2 aromatic carbocycles. The zero-order valence-corrected chi connectivity index (χ0v) is 14.8. The number of nitrogens with two attached hydrogens (primary N) is 1. The van der Waals surface area contributed by atoms with E-state index in [0.717, 1.165) is 11.1 Å². The number of rotatable bonds is 3. The van der Waals surface area contributed by atoms with Crippen LogP contribution < -0.4 is 16.5 Å². The Bertz CT molecular complexity index is 1030. The highest BCUT2D eigenvalue weighted by Gasteiger charge is 2.36. The van der Waals surface area contributed by atoms with Gasteiger partial charge >= 0.3 is 0 Å². The second-order valence-electron chi connectivity index (χ2n) is 6.50. The first-order valence-electron chi connectivity index (χ1n) is 8.64. The zero-order valence-electron chi connectivity index (χ0n) is 14.8. The number of carbonyl (C=O) groups is 2. The van der Waals surface area contributed by atoms with Crippen LogP contribution in [0.4, 0.5) is 11.6 Å². The Labute approximate surface area is 156 Å². The van der Waals surface area contributed by atoms with E-state index < -0.39 is 5.92 Å². The van der Waals surface area contributed by atoms with Gasteiger partial charge < -0.3 is 11.1 Å². The van der Waals surface area contributed by atoms with Crippen molar-refractivity contribution in [3.63, 3.8) is 0 Å². The standard InChI is InChI=1S/C20H19N5O2/c1-12-7-5-6-10-15(12)22-19(27)14-11-16(26)24-25-18(14)17(23-20(25)21)13-8-3-2-4-9-13/h2-10,14H,11H2,1H3,(H2,21,23)(H,22,27)(H,24,26)/t14-/m1/s1. The van der Waals surface area contributed by atoms with Gasteiger partial charge in [0.15, 0.2) is 0 Å². The van der Waals surface area contributed by atoms with Crippen LogP contribution in [0.15, 0.2) is 54.6 Å². The maximum Gasteiger partial charge on any atom is 0.240 e. The van der Waals surface area contributed by atoms with Crippen molar-refractivity contribution in [3.05, 3.63) is 65.9 Å². The summed E-state index contributed by atoms with van der Waals surface area (Å²) in [4.78, 5) is 29.6. The fourth-order valence-electron chi connectivity index (χ4n) is 3.30. The molecule has 2 amide bonds. The van der Waals surface area contributed by atoms with Crippen molar-refractivity contribution in [3.8, 4) is 11.3 Å². The molecule has 4 N–H and O–H groups in total. The molecule has 0 bridgehead atoms. The van der Waals surface area contributed by atoms with Crippen molar-refractivity contribution >= 4 is 23.5 Å². The lowest BCUT2D eigenvalue weighted by molar-refractivity contribution is -0.124. The summed E-state index contributed by atoms with van der Waals surface area (Å²) >= 11 is 0. The lowest BCUT2D eigenvalue weighted by Gasteiger charge is -2.25. The number of benzene rings is 2. The zero-order chi connectivity index (χ0) is 19.0. The predicted octanol–water partition coefficient (Wildman–Crippen LogP) is 2.64. The molecule has 4 rings (SSSR count). The van der Waals surface area contributed by atoms with E-state index in [1.165, 1.54) is 4.68 Å². The van der Waals surface area contributed by atoms with Gasteiger partial charge in [-0.2, -0.15) is 0 Å². The van der Waals surface area contributed by atoms with E-state index in [1.807, 2.05) is 61.5 Å². The number of aryl methyl sites for hydroxylation is 1. The summed E-state index contributed by atoms with van der Waals surface area (Å²) < 4.78 is 1.41. The van der Waals surface area contributed by atoms with Gasteiger partial charge in [0.2, 0.25) is 17.8 Å². The number of nitrogens with zero attached hydrogens (tertiary/aromatic N) is 2. The Balaban J connectivity index is 1.77. The highest BCUT2D eigenvalue weighted by molar-refractivity contribution is 6.02. The highest BCUT2D eigenvalue weighted by Crippen LogP contribution is 2.35. The number of imidazole rings is 1. The normalized spacial score (nSPS) is 15.7. The summed E-state index contributed by atoms with van der Waals surface area (Å²) in [6.45, 7) is 1.92. The topological polar surface area (TPSA) is 102 Å². The molecule has 7 heteroatoms. The van der Waals surface area contributed by atoms with Crippen LogP contribution in [-0.2, 0) is 9.59 Å². The van der Waals surface area contributed by atoms with Gasteiger partial charge in [0.05, 0.1) is 17.3 Å². The van der Waals surface area contributed by atoms with Gasteiger partial charge in [-0.15, -0.1) is 0 Å². The smallest absolute Gasteiger partial charge is 0.240 e. The van der Waals surface area contributed by atoms with E-state index in [2.05, 4.69) is 15.7 Å². The number of hydrogen-bond donors (Lipinski definition) is 3. The molecule has 1 aliphatic heterocycles. The van der Waals surface area contributed by atoms with Crippen molar-refractivity contribution in [2.24, 2.45) is 0 Å². The molecule has 0 fully saturated rings. The Hall–Kier alpha value is -3.61. The molecule has 0 radical (unpaired) electrons. The molecule has 2 heterocycles. The fraction of sp³-hybridized carbons (Fsp3) is 0.150. The van der Waals surface area contributed by atoms with E-state index in [4.69, 9.17) is 5.73 Å². The second kappa shape index (κ2) is 6.60. The molecule has 3 aromatic rings. The molecule has 0 unspecified atom stereocenters. The Kier molecular flexibility index (Phi) is 4.12. The lowest BCUT2D eigenvalue weighted by atomic mass is 9.94. The van der Waals surface area contributed by atoms with Gasteiger partial charge in [-0.05, 0) is 18.6 Å². The monoisotopic (exact) mass is 361 g/mol. The SMILES string of the molecule is Cc1ccccc1NC(=O)[C@@H]1CC(=O)Nn2c(N)nc(-c3ccccc3)c21. The summed E-state index contributed by atoms with van der Waals surface area (Å²) in [5.41, 5.74) is 12.4. The van der Waals surface area contributed by atoms with Crippen molar-refractivity contribution in [1.82, 2.24) is 9.66 Å². The van der Waals surface area contributed by atoms with Crippen LogP contribution in [0.3, 0.4) is 0 Å². The van der Waals surface area contributed by atoms with E-state index in [0.29, 0.717) is 17.1 Å². The van der Waals surface area contributed by atoms with Crippen LogP contribution in [-0.4, -0.2) is 21.5 Å². The first-order chi connectivity index (χ1) is 13.0. The van der Waals surface area contributed by atoms with E-state index in [-0.39, 0.29) is 24.2 Å². The molecule has 0 saturated heterocycles. The van der Waals surface area contributed by atoms with Crippen LogP contribution in [0.1, 0.15) is 23.6 Å². The fourth-order valence-corrected chi connectivity index (χ4v) is 3.30. The quantitative estimate of drug-likeness (QED) is 0.667. The van der Waals surface area contributed by atoms with Gasteiger partial charge in [0, 0.05) is 17.7 Å². The third-order valence-corrected chi connectivity index (χ3v) is 4.66. The summed E-state index contributed by atoms with van der Waals surface area (Å²) in [6, 6.07) is 17.0. The van der Waals surface area contributed by atoms with Crippen molar-refractivity contribution in [2.75, 3.05) is 16.5 Å². The average molecular weight is 361 g/mol. The molecule has 0 aliphatic carbocycles. The number of anilines is 2. The van der Waals surface area contributed by atoms with Gasteiger partial charge in [-0.25, -0.2) is 9.66 Å². The van der Waals surface area contributed by atoms with Gasteiger partial charge in [0.1, 0.15) is 0 Å². The van der Waals surface area contributed by atoms with Crippen LogP contribution in [0.25, 0.3) is 11.3 Å². The summed E-state index contributed by atoms with van der Waals surface area (Å²) in [5.74, 6) is -1.10. The van der Waals surface area contributed by atoms with Gasteiger partial charge in [-0.3, -0.25) is 15.0 Å². The Morgan fingerprint density at radius 2 is 1.89 bits per heavy atom. The van der Waals surface area contributed by atoms with Gasteiger partial charge in [-0.1, -0.05) is 48.5 Å². The minimum Gasteiger partial charge on any atom is -0.368 e. The van der Waals surface area contributed by atoms with Crippen LogP contribution in [0.2, 0.25) is 0 Å². The lowest BCUT2D eigenvalue weighted by Crippen LogP contribution is -2.38. The molecule has 1 aliphatic rings. The van der Waals surface area contributed by atoms with Crippen molar-refractivity contribution < 1.29 is 9.59 Å². The number of amides is 2. The molecular formula is C20H19N5O2. The molecule has 27 heavy (non-hydrogen) atoms. The van der Waals surface area contributed by atoms with Crippen LogP contribution in [0.5, 0.6) is 0 Å². The number of hydrogen-bond acceptors (Lipinski definition) is 4. The predicted molar refractivity (Wildman–Crippen MR) is 104 cm³/mol. The van der Waals surface area contributed by atoms with Gasteiger partial charge in [0.25, 0.3) is 0 Å². The largest absolute Gasteiger partial charge is 0.368 e. The highest BCUT2D eigenvalue weighted by atomic mass is 16.2. The first-order valence-corrected chi connectivity index (χ1v) is 8.64. The maximum atomic E-state index is 13.0. The van der Waals surface area contributed by atoms with Crippen molar-refractivity contribution in [1.29, 1.82) is 0 Å². The minimum absolute atomic E-state index is 0.0304. The number of carbonyl (C=O) groups excluding carboxylic acids is 2. The molecule has 136 valence electrons. The number of nitrogens with one attached hydrogen (secondary N) is 2. The maximum absolute atomic E-state index is 13.0. The summed E-state index contributed by atoms with van der Waals surface area (Å²) in [5, 5.41) is 2.93. The number of para-hydroxylation sites is 1. The van der Waals surface area contributed by atoms with Crippen molar-refractivity contribution in [2.45, 2.75) is 19.3 Å². The molecule has 1 atom stereocenters. The van der Waals surface area contributed by atoms with E-state index in [1.54, 1.807) is 0 Å². The van der Waals surface area contributed by atoms with E-state index in [9.17, 15) is 9.59 Å². The summed E-state index contributed by atoms with van der Waals surface area (Å²) in [7, 11) is 0. The number of fused-ring (bicyclic) bond motifs is 1. The molecule has 1 aromatic heterocycles. The molecule has 0 spiro atoms. The third-order valence-electron chi connectivity index (χ3n) is 4.66.